The van der Waals surface area contributed by atoms with E-state index in [2.05, 4.69) is 4.98 Å². The highest BCUT2D eigenvalue weighted by Gasteiger charge is 2.47. The molecular weight excluding hydrogens is 423 g/mol. The highest BCUT2D eigenvalue weighted by atomic mass is 35.5. The summed E-state index contributed by atoms with van der Waals surface area (Å²) in [4.78, 5) is 30.6. The summed E-state index contributed by atoms with van der Waals surface area (Å²) in [7, 11) is 0. The third-order valence-corrected chi connectivity index (χ3v) is 6.46. The maximum absolute atomic E-state index is 13.3. The van der Waals surface area contributed by atoms with Crippen molar-refractivity contribution in [2.24, 2.45) is 0 Å². The molecule has 3 aromatic rings. The Labute approximate surface area is 174 Å². The molecule has 0 saturated carbocycles. The van der Waals surface area contributed by atoms with Gasteiger partial charge in [-0.3, -0.25) is 9.59 Å². The van der Waals surface area contributed by atoms with Gasteiger partial charge in [-0.25, -0.2) is 9.88 Å². The Morgan fingerprint density at radius 2 is 2.07 bits per heavy atom. The quantitative estimate of drug-likeness (QED) is 0.609. The van der Waals surface area contributed by atoms with E-state index in [0.29, 0.717) is 36.8 Å². The van der Waals surface area contributed by atoms with Gasteiger partial charge in [-0.1, -0.05) is 40.6 Å². The number of ether oxygens (including phenoxy) is 1. The molecule has 0 aliphatic carbocycles. The molecule has 2 aromatic carbocycles. The molecule has 1 atom stereocenters. The van der Waals surface area contributed by atoms with E-state index in [1.807, 2.05) is 13.0 Å². The summed E-state index contributed by atoms with van der Waals surface area (Å²) in [5.74, 6) is -1.22. The van der Waals surface area contributed by atoms with Gasteiger partial charge in [-0.2, -0.15) is 0 Å². The summed E-state index contributed by atoms with van der Waals surface area (Å²) < 4.78 is 6.50. The van der Waals surface area contributed by atoms with Gasteiger partial charge in [0.05, 0.1) is 32.4 Å². The third kappa shape index (κ3) is 2.99. The molecule has 0 radical (unpaired) electrons. The van der Waals surface area contributed by atoms with Crippen LogP contribution in [0.1, 0.15) is 18.9 Å². The molecule has 9 heteroatoms. The van der Waals surface area contributed by atoms with Crippen molar-refractivity contribution in [2.75, 3.05) is 4.90 Å². The van der Waals surface area contributed by atoms with E-state index in [0.717, 1.165) is 5.56 Å². The first kappa shape index (κ1) is 19.0. The fourth-order valence-corrected chi connectivity index (χ4v) is 4.64. The highest BCUT2D eigenvalue weighted by Crippen LogP contribution is 2.46. The molecule has 0 bridgehead atoms. The lowest BCUT2D eigenvalue weighted by Crippen LogP contribution is -2.53. The Morgan fingerprint density at radius 1 is 1.32 bits per heavy atom. The predicted octanol–water partition coefficient (Wildman–Crippen LogP) is 5.20. The van der Waals surface area contributed by atoms with Gasteiger partial charge in [0.15, 0.2) is 10.7 Å². The first-order valence-electron chi connectivity index (χ1n) is 8.30. The van der Waals surface area contributed by atoms with Crippen LogP contribution in [0.2, 0.25) is 10.0 Å². The Bertz CT molecular complexity index is 1150. The molecule has 6 nitrogen and oxygen atoms in total. The molecule has 2 heterocycles. The van der Waals surface area contributed by atoms with Crippen LogP contribution in [-0.4, -0.2) is 27.6 Å². The number of benzene rings is 2. The van der Waals surface area contributed by atoms with Crippen LogP contribution in [-0.2, 0) is 9.59 Å². The van der Waals surface area contributed by atoms with Crippen LogP contribution in [0.25, 0.3) is 10.2 Å². The normalized spacial score (nSPS) is 18.9. The lowest BCUT2D eigenvalue weighted by molar-refractivity contribution is -0.148. The second kappa shape index (κ2) is 6.62. The van der Waals surface area contributed by atoms with Crippen molar-refractivity contribution in [3.8, 4) is 5.75 Å². The highest BCUT2D eigenvalue weighted by molar-refractivity contribution is 7.23. The van der Waals surface area contributed by atoms with E-state index >= 15 is 0 Å². The molecule has 1 amide bonds. The molecule has 4 rings (SSSR count). The number of amides is 1. The number of aryl methyl sites for hydroxylation is 1. The van der Waals surface area contributed by atoms with Gasteiger partial charge in [0.1, 0.15) is 5.75 Å². The molecule has 0 spiro atoms. The number of hydrogen-bond acceptors (Lipinski definition) is 5. The summed E-state index contributed by atoms with van der Waals surface area (Å²) in [5.41, 5.74) is 0.457. The van der Waals surface area contributed by atoms with Gasteiger partial charge in [0.2, 0.25) is 0 Å². The maximum Gasteiger partial charge on any atom is 0.307 e. The Morgan fingerprint density at radius 3 is 2.79 bits per heavy atom. The second-order valence-corrected chi connectivity index (χ2v) is 8.48. The van der Waals surface area contributed by atoms with Crippen molar-refractivity contribution < 1.29 is 19.4 Å². The molecule has 144 valence electrons. The Balaban J connectivity index is 1.92. The van der Waals surface area contributed by atoms with E-state index in [1.54, 1.807) is 24.3 Å². The second-order valence-electron chi connectivity index (χ2n) is 6.72. The van der Waals surface area contributed by atoms with Crippen molar-refractivity contribution in [3.05, 3.63) is 45.9 Å². The fraction of sp³-hybridized carbons (Fsp3) is 0.211. The number of nitrogens with zero attached hydrogens (tertiary/aromatic N) is 2. The minimum absolute atomic E-state index is 0.362. The number of carbonyl (C=O) groups excluding carboxylic acids is 1. The number of halogens is 2. The van der Waals surface area contributed by atoms with Gasteiger partial charge in [-0.15, -0.1) is 0 Å². The zero-order valence-electron chi connectivity index (χ0n) is 14.8. The van der Waals surface area contributed by atoms with Crippen molar-refractivity contribution in [1.82, 2.24) is 4.98 Å². The SMILES string of the molecule is Cc1ccc2c(c1)OC(C)(CC(=O)O)C(=O)N2c1nc2ccc(Cl)c(Cl)c2s1. The monoisotopic (exact) mass is 436 g/mol. The van der Waals surface area contributed by atoms with Crippen molar-refractivity contribution in [3.63, 3.8) is 0 Å². The summed E-state index contributed by atoms with van der Waals surface area (Å²) in [6.07, 6.45) is -0.479. The van der Waals surface area contributed by atoms with Crippen LogP contribution in [0.4, 0.5) is 10.8 Å². The zero-order chi connectivity index (χ0) is 20.2. The van der Waals surface area contributed by atoms with Crippen molar-refractivity contribution in [2.45, 2.75) is 25.9 Å². The van der Waals surface area contributed by atoms with E-state index in [4.69, 9.17) is 27.9 Å². The number of hydrogen-bond donors (Lipinski definition) is 1. The number of aliphatic carboxylic acids is 1. The standard InChI is InChI=1S/C19H14Cl2N2O4S/c1-9-3-6-12-13(7-9)27-19(2,8-14(24)25)17(26)23(12)18-22-11-5-4-10(20)15(21)16(11)28-18/h3-7H,8H2,1-2H3,(H,24,25). The molecule has 1 N–H and O–H groups in total. The summed E-state index contributed by atoms with van der Waals surface area (Å²) in [6.45, 7) is 3.36. The predicted molar refractivity (Wildman–Crippen MR) is 109 cm³/mol. The number of carbonyl (C=O) groups is 2. The molecule has 28 heavy (non-hydrogen) atoms. The van der Waals surface area contributed by atoms with Crippen LogP contribution < -0.4 is 9.64 Å². The third-order valence-electron chi connectivity index (χ3n) is 4.47. The van der Waals surface area contributed by atoms with E-state index in [-0.39, 0.29) is 0 Å². The lowest BCUT2D eigenvalue weighted by atomic mass is 9.97. The molecule has 1 unspecified atom stereocenters. The summed E-state index contributed by atoms with van der Waals surface area (Å²) in [5, 5.41) is 10.4. The summed E-state index contributed by atoms with van der Waals surface area (Å²) in [6, 6.07) is 8.73. The molecular formula is C19H14Cl2N2O4S. The van der Waals surface area contributed by atoms with Gasteiger partial charge >= 0.3 is 5.97 Å². The molecule has 1 aromatic heterocycles. The van der Waals surface area contributed by atoms with Gasteiger partial charge in [-0.05, 0) is 43.7 Å². The number of fused-ring (bicyclic) bond motifs is 2. The Hall–Kier alpha value is -2.35. The molecule has 0 saturated heterocycles. The van der Waals surface area contributed by atoms with Crippen molar-refractivity contribution >= 4 is 67.5 Å². The first-order valence-corrected chi connectivity index (χ1v) is 9.87. The topological polar surface area (TPSA) is 79.7 Å². The van der Waals surface area contributed by atoms with Crippen LogP contribution in [0.15, 0.2) is 30.3 Å². The number of anilines is 2. The number of thiazole rings is 1. The van der Waals surface area contributed by atoms with E-state index < -0.39 is 23.9 Å². The number of aromatic nitrogens is 1. The summed E-state index contributed by atoms with van der Waals surface area (Å²) >= 11 is 13.6. The van der Waals surface area contributed by atoms with Crippen LogP contribution in [0, 0.1) is 6.92 Å². The van der Waals surface area contributed by atoms with E-state index in [1.165, 1.54) is 23.2 Å². The van der Waals surface area contributed by atoms with E-state index in [9.17, 15) is 14.7 Å². The fourth-order valence-electron chi connectivity index (χ4n) is 3.13. The molecule has 0 fully saturated rings. The minimum atomic E-state index is -1.56. The van der Waals surface area contributed by atoms with Crippen LogP contribution >= 0.6 is 34.5 Å². The average Bonchev–Trinajstić information content (AvgIpc) is 3.03. The maximum atomic E-state index is 13.3. The van der Waals surface area contributed by atoms with Crippen LogP contribution in [0.3, 0.4) is 0 Å². The Kier molecular flexibility index (Phi) is 4.49. The average molecular weight is 437 g/mol. The zero-order valence-corrected chi connectivity index (χ0v) is 17.2. The van der Waals surface area contributed by atoms with Crippen LogP contribution in [0.5, 0.6) is 5.75 Å². The minimum Gasteiger partial charge on any atom is -0.481 e. The smallest absolute Gasteiger partial charge is 0.307 e. The van der Waals surface area contributed by atoms with Gasteiger partial charge in [0, 0.05) is 0 Å². The first-order chi connectivity index (χ1) is 13.2. The van der Waals surface area contributed by atoms with Gasteiger partial charge in [0.25, 0.3) is 5.91 Å². The molecule has 1 aliphatic rings. The molecule has 1 aliphatic heterocycles. The lowest BCUT2D eigenvalue weighted by Gasteiger charge is -2.38. The number of carboxylic acid groups (broad SMARTS) is 1. The number of carboxylic acids is 1. The largest absolute Gasteiger partial charge is 0.481 e. The number of rotatable bonds is 3. The van der Waals surface area contributed by atoms with Crippen molar-refractivity contribution in [1.29, 1.82) is 0 Å². The van der Waals surface area contributed by atoms with Gasteiger partial charge < -0.3 is 9.84 Å².